The van der Waals surface area contributed by atoms with Crippen LogP contribution in [-0.2, 0) is 14.8 Å². The number of sulfonamides is 1. The SMILES string of the molecule is COc1cc(S(=O)(=O)N[C@@H](C)c2ccc3c(c2)OCCO3)ccc1NC(C)=O. The van der Waals surface area contributed by atoms with Crippen LogP contribution in [0.4, 0.5) is 5.69 Å². The predicted octanol–water partition coefficient (Wildman–Crippen LogP) is 2.46. The molecule has 0 aliphatic carbocycles. The van der Waals surface area contributed by atoms with Crippen molar-refractivity contribution >= 4 is 21.6 Å². The lowest BCUT2D eigenvalue weighted by atomic mass is 10.1. The maximum Gasteiger partial charge on any atom is 0.241 e. The molecule has 28 heavy (non-hydrogen) atoms. The molecule has 0 aromatic heterocycles. The molecule has 2 N–H and O–H groups in total. The van der Waals surface area contributed by atoms with Gasteiger partial charge in [-0.05, 0) is 36.8 Å². The summed E-state index contributed by atoms with van der Waals surface area (Å²) in [5, 5.41) is 2.59. The Hall–Kier alpha value is -2.78. The van der Waals surface area contributed by atoms with Gasteiger partial charge in [0, 0.05) is 19.0 Å². The van der Waals surface area contributed by atoms with Crippen LogP contribution in [0, 0.1) is 0 Å². The first-order valence-corrected chi connectivity index (χ1v) is 10.2. The number of hydrogen-bond donors (Lipinski definition) is 2. The summed E-state index contributed by atoms with van der Waals surface area (Å²) >= 11 is 0. The molecule has 1 atom stereocenters. The van der Waals surface area contributed by atoms with Crippen LogP contribution in [0.15, 0.2) is 41.3 Å². The Bertz CT molecular complexity index is 990. The second kappa shape index (κ2) is 8.07. The van der Waals surface area contributed by atoms with Crippen LogP contribution in [0.2, 0.25) is 0 Å². The third kappa shape index (κ3) is 4.37. The number of ether oxygens (including phenoxy) is 3. The molecule has 2 aromatic rings. The summed E-state index contributed by atoms with van der Waals surface area (Å²) in [6, 6.07) is 9.09. The van der Waals surface area contributed by atoms with Gasteiger partial charge < -0.3 is 19.5 Å². The predicted molar refractivity (Wildman–Crippen MR) is 103 cm³/mol. The second-order valence-electron chi connectivity index (χ2n) is 6.29. The molecule has 8 nitrogen and oxygen atoms in total. The summed E-state index contributed by atoms with van der Waals surface area (Å²) in [5.41, 5.74) is 1.14. The number of methoxy groups -OCH3 is 1. The highest BCUT2D eigenvalue weighted by Gasteiger charge is 2.22. The van der Waals surface area contributed by atoms with E-state index >= 15 is 0 Å². The van der Waals surface area contributed by atoms with Crippen molar-refractivity contribution in [3.8, 4) is 17.2 Å². The summed E-state index contributed by atoms with van der Waals surface area (Å²) in [6.07, 6.45) is 0. The number of benzene rings is 2. The molecule has 0 spiro atoms. The number of hydrogen-bond acceptors (Lipinski definition) is 6. The normalized spacial score (nSPS) is 14.2. The summed E-state index contributed by atoms with van der Waals surface area (Å²) in [7, 11) is -2.42. The minimum absolute atomic E-state index is 0.0304. The third-order valence-electron chi connectivity index (χ3n) is 4.19. The lowest BCUT2D eigenvalue weighted by molar-refractivity contribution is -0.114. The molecule has 0 saturated heterocycles. The number of rotatable bonds is 6. The standard InChI is InChI=1S/C19H22N2O6S/c1-12(14-4-7-17-19(10-14)27-9-8-26-17)21-28(23,24)15-5-6-16(20-13(2)22)18(11-15)25-3/h4-7,10-12,21H,8-9H2,1-3H3,(H,20,22)/t12-/m0/s1. The average Bonchev–Trinajstić information content (AvgIpc) is 2.67. The Morgan fingerprint density at radius 2 is 1.82 bits per heavy atom. The molecule has 1 aliphatic heterocycles. The van der Waals surface area contributed by atoms with Gasteiger partial charge in [0.25, 0.3) is 0 Å². The quantitative estimate of drug-likeness (QED) is 0.764. The van der Waals surface area contributed by atoms with Crippen LogP contribution in [-0.4, -0.2) is 34.6 Å². The van der Waals surface area contributed by atoms with E-state index in [2.05, 4.69) is 10.0 Å². The number of anilines is 1. The highest BCUT2D eigenvalue weighted by Crippen LogP contribution is 2.33. The molecule has 9 heteroatoms. The molecule has 1 heterocycles. The maximum absolute atomic E-state index is 12.8. The van der Waals surface area contributed by atoms with E-state index in [1.807, 2.05) is 0 Å². The summed E-state index contributed by atoms with van der Waals surface area (Å²) in [4.78, 5) is 11.3. The fraction of sp³-hybridized carbons (Fsp3) is 0.316. The van der Waals surface area contributed by atoms with Gasteiger partial charge in [-0.1, -0.05) is 6.07 Å². The number of nitrogens with one attached hydrogen (secondary N) is 2. The topological polar surface area (TPSA) is 103 Å². The van der Waals surface area contributed by atoms with Gasteiger partial charge in [0.2, 0.25) is 15.9 Å². The van der Waals surface area contributed by atoms with E-state index in [0.29, 0.717) is 30.4 Å². The molecule has 0 unspecified atom stereocenters. The van der Waals surface area contributed by atoms with Crippen LogP contribution >= 0.6 is 0 Å². The highest BCUT2D eigenvalue weighted by atomic mass is 32.2. The van der Waals surface area contributed by atoms with Gasteiger partial charge in [0.05, 0.1) is 17.7 Å². The van der Waals surface area contributed by atoms with Gasteiger partial charge in [-0.3, -0.25) is 4.79 Å². The minimum Gasteiger partial charge on any atom is -0.495 e. The van der Waals surface area contributed by atoms with Crippen molar-refractivity contribution < 1.29 is 27.4 Å². The molecule has 0 radical (unpaired) electrons. The lowest BCUT2D eigenvalue weighted by Crippen LogP contribution is -2.27. The minimum atomic E-state index is -3.82. The van der Waals surface area contributed by atoms with Gasteiger partial charge >= 0.3 is 0 Å². The second-order valence-corrected chi connectivity index (χ2v) is 8.00. The molecule has 0 bridgehead atoms. The molecule has 1 aliphatic rings. The van der Waals surface area contributed by atoms with E-state index in [1.54, 1.807) is 25.1 Å². The summed E-state index contributed by atoms with van der Waals surface area (Å²) in [6.45, 7) is 4.05. The fourth-order valence-corrected chi connectivity index (χ4v) is 4.08. The Kier molecular flexibility index (Phi) is 5.76. The Morgan fingerprint density at radius 3 is 2.50 bits per heavy atom. The number of carbonyl (C=O) groups is 1. The smallest absolute Gasteiger partial charge is 0.241 e. The first-order valence-electron chi connectivity index (χ1n) is 8.67. The largest absolute Gasteiger partial charge is 0.495 e. The van der Waals surface area contributed by atoms with E-state index in [0.717, 1.165) is 5.56 Å². The van der Waals surface area contributed by atoms with E-state index in [1.165, 1.54) is 32.2 Å². The van der Waals surface area contributed by atoms with Crippen molar-refractivity contribution in [3.05, 3.63) is 42.0 Å². The first kappa shape index (κ1) is 20.0. The van der Waals surface area contributed by atoms with Crippen LogP contribution in [0.5, 0.6) is 17.2 Å². The van der Waals surface area contributed by atoms with Gasteiger partial charge in [-0.25, -0.2) is 13.1 Å². The van der Waals surface area contributed by atoms with Gasteiger partial charge in [-0.15, -0.1) is 0 Å². The van der Waals surface area contributed by atoms with Crippen LogP contribution in [0.1, 0.15) is 25.5 Å². The van der Waals surface area contributed by atoms with E-state index < -0.39 is 16.1 Å². The number of fused-ring (bicyclic) bond motifs is 1. The molecule has 3 rings (SSSR count). The van der Waals surface area contributed by atoms with Crippen LogP contribution in [0.25, 0.3) is 0 Å². The van der Waals surface area contributed by atoms with E-state index in [9.17, 15) is 13.2 Å². The fourth-order valence-electron chi connectivity index (χ4n) is 2.83. The van der Waals surface area contributed by atoms with Crippen molar-refractivity contribution in [1.82, 2.24) is 4.72 Å². The zero-order chi connectivity index (χ0) is 20.3. The molecular weight excluding hydrogens is 384 g/mol. The Morgan fingerprint density at radius 1 is 1.11 bits per heavy atom. The summed E-state index contributed by atoms with van der Waals surface area (Å²) in [5.74, 6) is 1.21. The average molecular weight is 406 g/mol. The first-order chi connectivity index (χ1) is 13.3. The Balaban J connectivity index is 1.82. The van der Waals surface area contributed by atoms with E-state index in [4.69, 9.17) is 14.2 Å². The summed E-state index contributed by atoms with van der Waals surface area (Å²) < 4.78 is 44.5. The molecule has 1 amide bonds. The molecule has 150 valence electrons. The number of amides is 1. The van der Waals surface area contributed by atoms with Gasteiger partial charge in [-0.2, -0.15) is 0 Å². The monoisotopic (exact) mass is 406 g/mol. The molecule has 0 saturated carbocycles. The third-order valence-corrected chi connectivity index (χ3v) is 5.73. The molecule has 2 aromatic carbocycles. The van der Waals surface area contributed by atoms with E-state index in [-0.39, 0.29) is 16.6 Å². The van der Waals surface area contributed by atoms with Crippen molar-refractivity contribution in [2.75, 3.05) is 25.6 Å². The maximum atomic E-state index is 12.8. The zero-order valence-electron chi connectivity index (χ0n) is 15.8. The van der Waals surface area contributed by atoms with Crippen LogP contribution in [0.3, 0.4) is 0 Å². The lowest BCUT2D eigenvalue weighted by Gasteiger charge is -2.21. The zero-order valence-corrected chi connectivity index (χ0v) is 16.6. The number of carbonyl (C=O) groups excluding carboxylic acids is 1. The highest BCUT2D eigenvalue weighted by molar-refractivity contribution is 7.89. The van der Waals surface area contributed by atoms with Crippen molar-refractivity contribution in [2.24, 2.45) is 0 Å². The van der Waals surface area contributed by atoms with Crippen molar-refractivity contribution in [3.63, 3.8) is 0 Å². The molecule has 0 fully saturated rings. The van der Waals surface area contributed by atoms with Crippen molar-refractivity contribution in [1.29, 1.82) is 0 Å². The Labute approximate surface area is 163 Å². The van der Waals surface area contributed by atoms with Crippen LogP contribution < -0.4 is 24.2 Å². The molecular formula is C19H22N2O6S. The van der Waals surface area contributed by atoms with Gasteiger partial charge in [0.1, 0.15) is 19.0 Å². The van der Waals surface area contributed by atoms with Crippen molar-refractivity contribution in [2.45, 2.75) is 24.8 Å². The van der Waals surface area contributed by atoms with Gasteiger partial charge in [0.15, 0.2) is 11.5 Å².